The van der Waals surface area contributed by atoms with Crippen LogP contribution in [0, 0.1) is 13.8 Å². The molecular weight excluding hydrogens is 384 g/mol. The van der Waals surface area contributed by atoms with Crippen LogP contribution in [0.25, 0.3) is 0 Å². The molecule has 162 valence electrons. The fourth-order valence-electron chi connectivity index (χ4n) is 4.22. The molecule has 1 N–H and O–H groups in total. The molecule has 4 heterocycles. The molecular formula is C21H30N6O3. The van der Waals surface area contributed by atoms with Gasteiger partial charge in [0, 0.05) is 51.4 Å². The molecule has 2 fully saturated rings. The van der Waals surface area contributed by atoms with Gasteiger partial charge in [0.05, 0.1) is 13.2 Å². The molecule has 0 aromatic carbocycles. The lowest BCUT2D eigenvalue weighted by atomic mass is 9.95. The highest BCUT2D eigenvalue weighted by atomic mass is 16.5. The van der Waals surface area contributed by atoms with E-state index in [1.807, 2.05) is 19.9 Å². The number of ether oxygens (including phenoxy) is 1. The first kappa shape index (κ1) is 20.7. The van der Waals surface area contributed by atoms with Crippen LogP contribution in [0.3, 0.4) is 0 Å². The largest absolute Gasteiger partial charge is 0.379 e. The molecule has 0 spiro atoms. The first-order valence-electron chi connectivity index (χ1n) is 10.7. The van der Waals surface area contributed by atoms with Crippen LogP contribution in [0.5, 0.6) is 0 Å². The minimum absolute atomic E-state index is 0.164. The fourth-order valence-corrected chi connectivity index (χ4v) is 4.22. The molecule has 4 rings (SSSR count). The Morgan fingerprint density at radius 2 is 1.90 bits per heavy atom. The Morgan fingerprint density at radius 3 is 2.57 bits per heavy atom. The van der Waals surface area contributed by atoms with Crippen molar-refractivity contribution in [1.82, 2.24) is 29.5 Å². The molecule has 9 nitrogen and oxygen atoms in total. The Balaban J connectivity index is 1.42. The second kappa shape index (κ2) is 9.09. The van der Waals surface area contributed by atoms with E-state index in [9.17, 15) is 9.59 Å². The molecule has 2 aromatic heterocycles. The second-order valence-corrected chi connectivity index (χ2v) is 8.17. The summed E-state index contributed by atoms with van der Waals surface area (Å²) in [5.41, 5.74) is 0.839. The topological polar surface area (TPSA) is 96.4 Å². The van der Waals surface area contributed by atoms with E-state index < -0.39 is 0 Å². The van der Waals surface area contributed by atoms with Gasteiger partial charge in [-0.15, -0.1) is 0 Å². The van der Waals surface area contributed by atoms with Gasteiger partial charge in [0.2, 0.25) is 0 Å². The Bertz CT molecular complexity index is 938. The Kier molecular flexibility index (Phi) is 6.29. The highest BCUT2D eigenvalue weighted by molar-refractivity contribution is 5.95. The number of hydrogen-bond acceptors (Lipinski definition) is 6. The molecule has 0 radical (unpaired) electrons. The SMILES string of the molecule is Cc1nc(C2CCN(C(=O)c3c(C)ccn(CCN4CCOCC4)c3=O)CC2)n[nH]1. The molecule has 2 aliphatic rings. The summed E-state index contributed by atoms with van der Waals surface area (Å²) in [4.78, 5) is 34.8. The highest BCUT2D eigenvalue weighted by Crippen LogP contribution is 2.26. The number of carbonyl (C=O) groups is 1. The molecule has 2 saturated heterocycles. The molecule has 30 heavy (non-hydrogen) atoms. The van der Waals surface area contributed by atoms with Crippen molar-refractivity contribution in [3.8, 4) is 0 Å². The Labute approximate surface area is 176 Å². The van der Waals surface area contributed by atoms with E-state index in [0.29, 0.717) is 25.2 Å². The predicted molar refractivity (Wildman–Crippen MR) is 112 cm³/mol. The number of piperidine rings is 1. The third-order valence-corrected chi connectivity index (χ3v) is 6.11. The summed E-state index contributed by atoms with van der Waals surface area (Å²) in [6.07, 6.45) is 3.41. The van der Waals surface area contributed by atoms with E-state index in [4.69, 9.17) is 4.74 Å². The van der Waals surface area contributed by atoms with Crippen LogP contribution in [0.15, 0.2) is 17.1 Å². The molecule has 2 aromatic rings. The summed E-state index contributed by atoms with van der Waals surface area (Å²) in [5, 5.41) is 7.15. The first-order chi connectivity index (χ1) is 14.5. The number of amides is 1. The number of pyridine rings is 1. The lowest BCUT2D eigenvalue weighted by molar-refractivity contribution is 0.0362. The standard InChI is InChI=1S/C21H30N6O3/c1-15-3-6-27(10-9-25-11-13-30-14-12-25)21(29)18(15)20(28)26-7-4-17(5-8-26)19-22-16(2)23-24-19/h3,6,17H,4-5,7-14H2,1-2H3,(H,22,23,24). The van der Waals surface area contributed by atoms with E-state index in [1.165, 1.54) is 0 Å². The predicted octanol–water partition coefficient (Wildman–Crippen LogP) is 0.935. The van der Waals surface area contributed by atoms with Gasteiger partial charge in [-0.25, -0.2) is 4.98 Å². The van der Waals surface area contributed by atoms with Crippen molar-refractivity contribution in [3.05, 3.63) is 45.4 Å². The van der Waals surface area contributed by atoms with Gasteiger partial charge in [-0.05, 0) is 38.3 Å². The van der Waals surface area contributed by atoms with E-state index in [1.54, 1.807) is 15.7 Å². The van der Waals surface area contributed by atoms with Gasteiger partial charge in [-0.2, -0.15) is 5.10 Å². The maximum atomic E-state index is 13.2. The number of aryl methyl sites for hydroxylation is 2. The molecule has 1 amide bonds. The third-order valence-electron chi connectivity index (χ3n) is 6.11. The summed E-state index contributed by atoms with van der Waals surface area (Å²) in [6.45, 7) is 9.52. The number of H-pyrrole nitrogens is 1. The van der Waals surface area contributed by atoms with E-state index in [2.05, 4.69) is 20.1 Å². The van der Waals surface area contributed by atoms with Crippen LogP contribution < -0.4 is 5.56 Å². The van der Waals surface area contributed by atoms with E-state index >= 15 is 0 Å². The van der Waals surface area contributed by atoms with Crippen LogP contribution in [0.1, 0.15) is 46.3 Å². The lowest BCUT2D eigenvalue weighted by Gasteiger charge is -2.31. The normalized spacial score (nSPS) is 18.7. The van der Waals surface area contributed by atoms with Crippen molar-refractivity contribution in [1.29, 1.82) is 0 Å². The van der Waals surface area contributed by atoms with Crippen LogP contribution in [0.4, 0.5) is 0 Å². The fraction of sp³-hybridized carbons (Fsp3) is 0.619. The summed E-state index contributed by atoms with van der Waals surface area (Å²) in [7, 11) is 0. The highest BCUT2D eigenvalue weighted by Gasteiger charge is 2.29. The van der Waals surface area contributed by atoms with E-state index in [0.717, 1.165) is 62.9 Å². The van der Waals surface area contributed by atoms with Crippen molar-refractivity contribution < 1.29 is 9.53 Å². The monoisotopic (exact) mass is 414 g/mol. The number of carbonyl (C=O) groups excluding carboxylic acids is 1. The number of morpholine rings is 1. The summed E-state index contributed by atoms with van der Waals surface area (Å²) >= 11 is 0. The Morgan fingerprint density at radius 1 is 1.17 bits per heavy atom. The van der Waals surface area contributed by atoms with Crippen molar-refractivity contribution >= 4 is 5.91 Å². The van der Waals surface area contributed by atoms with Crippen molar-refractivity contribution in [2.24, 2.45) is 0 Å². The zero-order valence-electron chi connectivity index (χ0n) is 17.8. The van der Waals surface area contributed by atoms with Gasteiger partial charge in [0.1, 0.15) is 11.4 Å². The average Bonchev–Trinajstić information content (AvgIpc) is 3.20. The summed E-state index contributed by atoms with van der Waals surface area (Å²) in [5.74, 6) is 1.71. The van der Waals surface area contributed by atoms with Gasteiger partial charge in [-0.3, -0.25) is 19.6 Å². The van der Waals surface area contributed by atoms with Crippen LogP contribution in [0.2, 0.25) is 0 Å². The maximum Gasteiger partial charge on any atom is 0.263 e. The number of nitrogens with zero attached hydrogens (tertiary/aromatic N) is 5. The number of aromatic nitrogens is 4. The van der Waals surface area contributed by atoms with Gasteiger partial charge < -0.3 is 14.2 Å². The van der Waals surface area contributed by atoms with Crippen molar-refractivity contribution in [2.75, 3.05) is 45.9 Å². The molecule has 0 atom stereocenters. The third kappa shape index (κ3) is 4.46. The Hall–Kier alpha value is -2.52. The van der Waals surface area contributed by atoms with Crippen LogP contribution in [-0.2, 0) is 11.3 Å². The second-order valence-electron chi connectivity index (χ2n) is 8.17. The zero-order chi connectivity index (χ0) is 21.1. The summed E-state index contributed by atoms with van der Waals surface area (Å²) < 4.78 is 7.04. The molecule has 9 heteroatoms. The van der Waals surface area contributed by atoms with Crippen LogP contribution >= 0.6 is 0 Å². The number of aromatic amines is 1. The smallest absolute Gasteiger partial charge is 0.263 e. The molecule has 0 saturated carbocycles. The number of rotatable bonds is 5. The van der Waals surface area contributed by atoms with Crippen LogP contribution in [-0.4, -0.2) is 81.4 Å². The minimum atomic E-state index is -0.194. The van der Waals surface area contributed by atoms with Gasteiger partial charge >= 0.3 is 0 Å². The van der Waals surface area contributed by atoms with Gasteiger partial charge in [-0.1, -0.05) is 0 Å². The first-order valence-corrected chi connectivity index (χ1v) is 10.7. The van der Waals surface area contributed by atoms with Crippen molar-refractivity contribution in [3.63, 3.8) is 0 Å². The zero-order valence-corrected chi connectivity index (χ0v) is 17.8. The molecule has 0 aliphatic carbocycles. The number of nitrogens with one attached hydrogen (secondary N) is 1. The van der Waals surface area contributed by atoms with Crippen molar-refractivity contribution in [2.45, 2.75) is 39.2 Å². The minimum Gasteiger partial charge on any atom is -0.379 e. The number of hydrogen-bond donors (Lipinski definition) is 1. The maximum absolute atomic E-state index is 13.2. The van der Waals surface area contributed by atoms with E-state index in [-0.39, 0.29) is 17.4 Å². The average molecular weight is 415 g/mol. The summed E-state index contributed by atoms with van der Waals surface area (Å²) in [6, 6.07) is 1.87. The number of likely N-dealkylation sites (tertiary alicyclic amines) is 1. The quantitative estimate of drug-likeness (QED) is 0.782. The molecule has 0 bridgehead atoms. The van der Waals surface area contributed by atoms with Gasteiger partial charge in [0.25, 0.3) is 11.5 Å². The molecule has 2 aliphatic heterocycles. The van der Waals surface area contributed by atoms with Gasteiger partial charge in [0.15, 0.2) is 5.82 Å². The lowest BCUT2D eigenvalue weighted by Crippen LogP contribution is -2.43. The molecule has 0 unspecified atom stereocenters.